The average molecular weight is 318 g/mol. The maximum absolute atomic E-state index is 12.2. The van der Waals surface area contributed by atoms with Crippen molar-refractivity contribution in [1.29, 1.82) is 0 Å². The van der Waals surface area contributed by atoms with E-state index in [1.165, 1.54) is 17.7 Å². The van der Waals surface area contributed by atoms with Gasteiger partial charge in [0.1, 0.15) is 0 Å². The number of hydrogen-bond acceptors (Lipinski definition) is 3. The minimum absolute atomic E-state index is 0.0853. The first-order valence-electron chi connectivity index (χ1n) is 7.13. The molecule has 2 aromatic rings. The molecule has 118 valence electrons. The lowest BCUT2D eigenvalue weighted by atomic mass is 9.87. The normalized spacial score (nSPS) is 12.3. The number of nitrogens with two attached hydrogens (primary N) is 1. The van der Waals surface area contributed by atoms with Crippen LogP contribution in [0.1, 0.15) is 31.9 Å². The summed E-state index contributed by atoms with van der Waals surface area (Å²) < 4.78 is 27.0. The molecule has 0 heterocycles. The first-order chi connectivity index (χ1) is 10.2. The second-order valence-corrected chi connectivity index (χ2v) is 8.11. The van der Waals surface area contributed by atoms with Gasteiger partial charge in [0.15, 0.2) is 0 Å². The van der Waals surface area contributed by atoms with Gasteiger partial charge in [0.2, 0.25) is 10.0 Å². The second-order valence-electron chi connectivity index (χ2n) is 6.34. The zero-order valence-corrected chi connectivity index (χ0v) is 13.9. The number of anilines is 1. The Morgan fingerprint density at radius 3 is 2.00 bits per heavy atom. The minimum Gasteiger partial charge on any atom is -0.399 e. The van der Waals surface area contributed by atoms with Crippen LogP contribution in [0.15, 0.2) is 53.4 Å². The Morgan fingerprint density at radius 2 is 1.50 bits per heavy atom. The van der Waals surface area contributed by atoms with Gasteiger partial charge in [0.25, 0.3) is 0 Å². The molecule has 0 aliphatic carbocycles. The number of sulfonamides is 1. The zero-order chi connectivity index (χ0) is 16.4. The van der Waals surface area contributed by atoms with Crippen LogP contribution in [-0.4, -0.2) is 8.42 Å². The molecule has 0 saturated carbocycles. The summed E-state index contributed by atoms with van der Waals surface area (Å²) in [6.45, 7) is 6.70. The molecule has 0 bridgehead atoms. The standard InChI is InChI=1S/C17H22N2O2S/c1-17(2,3)14-6-4-13(5-7-14)12-19-22(20,21)16-10-8-15(18)9-11-16/h4-11,19H,12,18H2,1-3H3. The van der Waals surface area contributed by atoms with Gasteiger partial charge in [0.05, 0.1) is 4.90 Å². The van der Waals surface area contributed by atoms with Gasteiger partial charge >= 0.3 is 0 Å². The third-order valence-electron chi connectivity index (χ3n) is 3.48. The van der Waals surface area contributed by atoms with E-state index in [1.54, 1.807) is 12.1 Å². The molecule has 2 rings (SSSR count). The average Bonchev–Trinajstić information content (AvgIpc) is 2.45. The second kappa shape index (κ2) is 6.10. The Morgan fingerprint density at radius 1 is 0.955 bits per heavy atom. The predicted molar refractivity (Wildman–Crippen MR) is 90.0 cm³/mol. The Labute approximate surface area is 132 Å². The van der Waals surface area contributed by atoms with E-state index in [1.807, 2.05) is 24.3 Å². The lowest BCUT2D eigenvalue weighted by Gasteiger charge is -2.19. The summed E-state index contributed by atoms with van der Waals surface area (Å²) >= 11 is 0. The van der Waals surface area contributed by atoms with Crippen LogP contribution in [0.3, 0.4) is 0 Å². The van der Waals surface area contributed by atoms with Crippen molar-refractivity contribution in [2.75, 3.05) is 5.73 Å². The first kappa shape index (κ1) is 16.5. The van der Waals surface area contributed by atoms with Crippen LogP contribution in [0.2, 0.25) is 0 Å². The smallest absolute Gasteiger partial charge is 0.240 e. The van der Waals surface area contributed by atoms with E-state index in [2.05, 4.69) is 25.5 Å². The maximum Gasteiger partial charge on any atom is 0.240 e. The molecule has 0 atom stereocenters. The van der Waals surface area contributed by atoms with Crippen LogP contribution < -0.4 is 10.5 Å². The number of hydrogen-bond donors (Lipinski definition) is 2. The fourth-order valence-electron chi connectivity index (χ4n) is 2.03. The van der Waals surface area contributed by atoms with Crippen LogP contribution in [0.5, 0.6) is 0 Å². The first-order valence-corrected chi connectivity index (χ1v) is 8.61. The third-order valence-corrected chi connectivity index (χ3v) is 4.89. The summed E-state index contributed by atoms with van der Waals surface area (Å²) in [5.41, 5.74) is 8.34. The molecule has 0 unspecified atom stereocenters. The molecule has 0 aliphatic heterocycles. The third kappa shape index (κ3) is 4.08. The van der Waals surface area contributed by atoms with E-state index < -0.39 is 10.0 Å². The van der Waals surface area contributed by atoms with Gasteiger partial charge in [-0.2, -0.15) is 0 Å². The summed E-state index contributed by atoms with van der Waals surface area (Å²) in [6, 6.07) is 14.1. The van der Waals surface area contributed by atoms with Gasteiger partial charge in [-0.1, -0.05) is 45.0 Å². The summed E-state index contributed by atoms with van der Waals surface area (Å²) in [6.07, 6.45) is 0. The van der Waals surface area contributed by atoms with Gasteiger partial charge < -0.3 is 5.73 Å². The Bertz CT molecular complexity index is 728. The Balaban J connectivity index is 2.07. The SMILES string of the molecule is CC(C)(C)c1ccc(CNS(=O)(=O)c2ccc(N)cc2)cc1. The number of benzene rings is 2. The van der Waals surface area contributed by atoms with Crippen molar-refractivity contribution in [3.63, 3.8) is 0 Å². The monoisotopic (exact) mass is 318 g/mol. The number of nitrogens with one attached hydrogen (secondary N) is 1. The van der Waals surface area contributed by atoms with Crippen molar-refractivity contribution in [2.45, 2.75) is 37.6 Å². The van der Waals surface area contributed by atoms with Crippen molar-refractivity contribution >= 4 is 15.7 Å². The lowest BCUT2D eigenvalue weighted by Crippen LogP contribution is -2.23. The molecule has 5 heteroatoms. The highest BCUT2D eigenvalue weighted by Gasteiger charge is 2.15. The highest BCUT2D eigenvalue weighted by molar-refractivity contribution is 7.89. The fourth-order valence-corrected chi connectivity index (χ4v) is 3.05. The Kier molecular flexibility index (Phi) is 4.58. The molecule has 0 aliphatic rings. The molecule has 2 aromatic carbocycles. The van der Waals surface area contributed by atoms with Gasteiger partial charge in [-0.25, -0.2) is 13.1 Å². The fraction of sp³-hybridized carbons (Fsp3) is 0.294. The van der Waals surface area contributed by atoms with Gasteiger partial charge in [0, 0.05) is 12.2 Å². The molecule has 22 heavy (non-hydrogen) atoms. The van der Waals surface area contributed by atoms with E-state index in [0.717, 1.165) is 5.56 Å². The molecular weight excluding hydrogens is 296 g/mol. The van der Waals surface area contributed by atoms with E-state index >= 15 is 0 Å². The predicted octanol–water partition coefficient (Wildman–Crippen LogP) is 3.04. The molecule has 0 saturated heterocycles. The summed E-state index contributed by atoms with van der Waals surface area (Å²) in [5.74, 6) is 0. The van der Waals surface area contributed by atoms with E-state index in [0.29, 0.717) is 5.69 Å². The van der Waals surface area contributed by atoms with Crippen LogP contribution in [0, 0.1) is 0 Å². The topological polar surface area (TPSA) is 72.2 Å². The summed E-state index contributed by atoms with van der Waals surface area (Å²) in [4.78, 5) is 0.216. The quantitative estimate of drug-likeness (QED) is 0.851. The van der Waals surface area contributed by atoms with E-state index in [4.69, 9.17) is 5.73 Å². The summed E-state index contributed by atoms with van der Waals surface area (Å²) in [5, 5.41) is 0. The van der Waals surface area contributed by atoms with Crippen molar-refractivity contribution in [3.05, 3.63) is 59.7 Å². The van der Waals surface area contributed by atoms with E-state index in [-0.39, 0.29) is 16.9 Å². The largest absolute Gasteiger partial charge is 0.399 e. The van der Waals surface area contributed by atoms with E-state index in [9.17, 15) is 8.42 Å². The maximum atomic E-state index is 12.2. The number of rotatable bonds is 4. The van der Waals surface area contributed by atoms with Crippen molar-refractivity contribution in [2.24, 2.45) is 0 Å². The molecular formula is C17H22N2O2S. The number of nitrogen functional groups attached to an aromatic ring is 1. The molecule has 0 spiro atoms. The minimum atomic E-state index is -3.52. The van der Waals surface area contributed by atoms with Crippen molar-refractivity contribution < 1.29 is 8.42 Å². The van der Waals surface area contributed by atoms with Crippen LogP contribution >= 0.6 is 0 Å². The van der Waals surface area contributed by atoms with Gasteiger partial charge in [-0.05, 0) is 40.8 Å². The molecule has 0 radical (unpaired) electrons. The van der Waals surface area contributed by atoms with Crippen LogP contribution in [0.4, 0.5) is 5.69 Å². The van der Waals surface area contributed by atoms with Gasteiger partial charge in [-0.15, -0.1) is 0 Å². The molecule has 0 aromatic heterocycles. The molecule has 4 nitrogen and oxygen atoms in total. The Hall–Kier alpha value is -1.85. The van der Waals surface area contributed by atoms with Crippen molar-refractivity contribution in [3.8, 4) is 0 Å². The highest BCUT2D eigenvalue weighted by Crippen LogP contribution is 2.22. The van der Waals surface area contributed by atoms with Crippen LogP contribution in [0.25, 0.3) is 0 Å². The molecule has 0 amide bonds. The van der Waals surface area contributed by atoms with Crippen molar-refractivity contribution in [1.82, 2.24) is 4.72 Å². The summed E-state index contributed by atoms with van der Waals surface area (Å²) in [7, 11) is -3.52. The molecule has 0 fully saturated rings. The lowest BCUT2D eigenvalue weighted by molar-refractivity contribution is 0.580. The molecule has 3 N–H and O–H groups in total. The highest BCUT2D eigenvalue weighted by atomic mass is 32.2. The van der Waals surface area contributed by atoms with Gasteiger partial charge in [-0.3, -0.25) is 0 Å². The van der Waals surface area contributed by atoms with Crippen LogP contribution in [-0.2, 0) is 22.0 Å². The zero-order valence-electron chi connectivity index (χ0n) is 13.1.